The van der Waals surface area contributed by atoms with Crippen molar-refractivity contribution in [3.8, 4) is 11.4 Å². The van der Waals surface area contributed by atoms with Gasteiger partial charge in [0.1, 0.15) is 16.3 Å². The first-order valence-electron chi connectivity index (χ1n) is 11.5. The molecular weight excluding hydrogens is 470 g/mol. The molecule has 188 valence electrons. The van der Waals surface area contributed by atoms with E-state index in [1.54, 1.807) is 21.7 Å². The summed E-state index contributed by atoms with van der Waals surface area (Å²) in [4.78, 5) is 36.9. The van der Waals surface area contributed by atoms with Gasteiger partial charge in [0, 0.05) is 36.8 Å². The first kappa shape index (κ1) is 24.9. The number of piperidine rings is 1. The Balaban J connectivity index is 1.62. The molecule has 0 radical (unpaired) electrons. The quantitative estimate of drug-likeness (QED) is 0.469. The maximum atomic E-state index is 13.5. The molecule has 3 aromatic heterocycles. The Morgan fingerprint density at radius 2 is 2.03 bits per heavy atom. The molecule has 3 aromatic rings. The lowest BCUT2D eigenvalue weighted by Crippen LogP contribution is -2.46. The van der Waals surface area contributed by atoms with Gasteiger partial charge >= 0.3 is 6.09 Å². The molecule has 11 nitrogen and oxygen atoms in total. The van der Waals surface area contributed by atoms with E-state index in [4.69, 9.17) is 0 Å². The molecule has 4 heterocycles. The van der Waals surface area contributed by atoms with Crippen LogP contribution in [-0.4, -0.2) is 80.5 Å². The molecule has 1 saturated heterocycles. The monoisotopic (exact) mass is 501 g/mol. The first-order chi connectivity index (χ1) is 16.7. The van der Waals surface area contributed by atoms with E-state index in [9.17, 15) is 14.7 Å². The van der Waals surface area contributed by atoms with Crippen LogP contribution in [0.4, 0.5) is 10.6 Å². The van der Waals surface area contributed by atoms with Crippen LogP contribution in [0.1, 0.15) is 44.1 Å². The second-order valence-electron chi connectivity index (χ2n) is 9.62. The predicted molar refractivity (Wildman–Crippen MR) is 133 cm³/mol. The molecule has 4 rings (SSSR count). The lowest BCUT2D eigenvalue weighted by molar-refractivity contribution is 0.0698. The maximum Gasteiger partial charge on any atom is 0.407 e. The summed E-state index contributed by atoms with van der Waals surface area (Å²) < 4.78 is 6.42. The highest BCUT2D eigenvalue weighted by Crippen LogP contribution is 2.28. The summed E-state index contributed by atoms with van der Waals surface area (Å²) in [6.07, 6.45) is 4.32. The minimum Gasteiger partial charge on any atom is -0.453 e. The summed E-state index contributed by atoms with van der Waals surface area (Å²) in [5.41, 5.74) is 0.755. The van der Waals surface area contributed by atoms with Crippen molar-refractivity contribution in [1.29, 1.82) is 0 Å². The Labute approximate surface area is 207 Å². The Morgan fingerprint density at radius 3 is 2.69 bits per heavy atom. The lowest BCUT2D eigenvalue weighted by atomic mass is 9.87. The molecular formula is C23H31N7O4S. The van der Waals surface area contributed by atoms with Gasteiger partial charge in [0.25, 0.3) is 5.91 Å². The normalized spacial score (nSPS) is 15.7. The Bertz CT molecular complexity index is 1190. The van der Waals surface area contributed by atoms with Crippen molar-refractivity contribution in [2.24, 2.45) is 5.41 Å². The number of carbonyl (C=O) groups excluding carboxylic acids is 2. The van der Waals surface area contributed by atoms with Gasteiger partial charge in [-0.1, -0.05) is 20.8 Å². The number of aliphatic hydroxyl groups is 1. The van der Waals surface area contributed by atoms with Crippen molar-refractivity contribution < 1.29 is 19.4 Å². The van der Waals surface area contributed by atoms with Crippen LogP contribution in [0.5, 0.6) is 0 Å². The summed E-state index contributed by atoms with van der Waals surface area (Å²) in [5.74, 6) is 0.647. The number of aromatic nitrogens is 4. The zero-order valence-electron chi connectivity index (χ0n) is 20.3. The fourth-order valence-electron chi connectivity index (χ4n) is 3.96. The van der Waals surface area contributed by atoms with Gasteiger partial charge in [-0.2, -0.15) is 5.10 Å². The van der Waals surface area contributed by atoms with Gasteiger partial charge in [-0.3, -0.25) is 4.79 Å². The largest absolute Gasteiger partial charge is 0.453 e. The fourth-order valence-corrected chi connectivity index (χ4v) is 4.75. The van der Waals surface area contributed by atoms with Gasteiger partial charge in [-0.25, -0.2) is 19.3 Å². The van der Waals surface area contributed by atoms with Crippen LogP contribution < -0.4 is 10.6 Å². The summed E-state index contributed by atoms with van der Waals surface area (Å²) in [7, 11) is 1.33. The van der Waals surface area contributed by atoms with Gasteiger partial charge in [-0.05, 0) is 18.3 Å². The highest BCUT2D eigenvalue weighted by molar-refractivity contribution is 7.16. The number of thiazole rings is 1. The summed E-state index contributed by atoms with van der Waals surface area (Å²) >= 11 is 1.51. The van der Waals surface area contributed by atoms with Gasteiger partial charge in [-0.15, -0.1) is 11.3 Å². The number of alkyl carbamates (subject to hydrolysis) is 1. The average Bonchev–Trinajstić information content (AvgIpc) is 3.45. The third-order valence-electron chi connectivity index (χ3n) is 6.16. The minimum atomic E-state index is -0.468. The molecule has 0 aromatic carbocycles. The molecule has 0 aliphatic carbocycles. The number of fused-ring (bicyclic) bond motifs is 1. The molecule has 0 bridgehead atoms. The van der Waals surface area contributed by atoms with E-state index in [-0.39, 0.29) is 35.7 Å². The van der Waals surface area contributed by atoms with E-state index in [0.717, 1.165) is 10.4 Å². The molecule has 0 saturated carbocycles. The van der Waals surface area contributed by atoms with Gasteiger partial charge in [0.15, 0.2) is 5.82 Å². The number of rotatable bonds is 6. The molecule has 1 atom stereocenters. The maximum absolute atomic E-state index is 13.5. The van der Waals surface area contributed by atoms with Crippen molar-refractivity contribution in [3.05, 3.63) is 29.5 Å². The molecule has 0 spiro atoms. The third-order valence-corrected chi connectivity index (χ3v) is 7.05. The number of carbonyl (C=O) groups is 2. The van der Waals surface area contributed by atoms with Crippen LogP contribution in [0.2, 0.25) is 0 Å². The zero-order valence-corrected chi connectivity index (χ0v) is 21.1. The van der Waals surface area contributed by atoms with Crippen molar-refractivity contribution >= 4 is 34.0 Å². The average molecular weight is 502 g/mol. The highest BCUT2D eigenvalue weighted by Gasteiger charge is 2.28. The molecule has 1 aliphatic heterocycles. The number of hydrogen-bond donors (Lipinski definition) is 3. The third kappa shape index (κ3) is 5.54. The van der Waals surface area contributed by atoms with Crippen molar-refractivity contribution in [2.75, 3.05) is 32.1 Å². The van der Waals surface area contributed by atoms with Gasteiger partial charge in [0.05, 0.1) is 31.5 Å². The van der Waals surface area contributed by atoms with E-state index < -0.39 is 6.09 Å². The summed E-state index contributed by atoms with van der Waals surface area (Å²) in [5, 5.41) is 22.3. The Kier molecular flexibility index (Phi) is 7.22. The second kappa shape index (κ2) is 10.2. The fraction of sp³-hybridized carbons (Fsp3) is 0.522. The van der Waals surface area contributed by atoms with Crippen LogP contribution >= 0.6 is 11.3 Å². The SMILES string of the molecule is COC(=O)NC1CCN(C(=O)c2cc(N[C@H](CO)C(C)(C)C)nc(-c3cnn4ccsc34)n2)CC1. The van der Waals surface area contributed by atoms with Gasteiger partial charge in [0.2, 0.25) is 0 Å². The van der Waals surface area contributed by atoms with Crippen LogP contribution in [0.3, 0.4) is 0 Å². The van der Waals surface area contributed by atoms with Crippen molar-refractivity contribution in [3.63, 3.8) is 0 Å². The number of anilines is 1. The minimum absolute atomic E-state index is 0.0404. The molecule has 3 N–H and O–H groups in total. The summed E-state index contributed by atoms with van der Waals surface area (Å²) in [6, 6.07) is 1.32. The predicted octanol–water partition coefficient (Wildman–Crippen LogP) is 2.63. The van der Waals surface area contributed by atoms with E-state index in [1.807, 2.05) is 32.3 Å². The summed E-state index contributed by atoms with van der Waals surface area (Å²) in [6.45, 7) is 6.95. The van der Waals surface area contributed by atoms with Crippen LogP contribution in [0, 0.1) is 5.41 Å². The Morgan fingerprint density at radius 1 is 1.29 bits per heavy atom. The topological polar surface area (TPSA) is 134 Å². The van der Waals surface area contributed by atoms with Gasteiger partial charge < -0.3 is 25.4 Å². The number of likely N-dealkylation sites (tertiary alicyclic amines) is 1. The molecule has 35 heavy (non-hydrogen) atoms. The zero-order chi connectivity index (χ0) is 25.2. The van der Waals surface area contributed by atoms with E-state index in [2.05, 4.69) is 30.4 Å². The smallest absolute Gasteiger partial charge is 0.407 e. The number of nitrogens with zero attached hydrogens (tertiary/aromatic N) is 5. The van der Waals surface area contributed by atoms with Crippen molar-refractivity contribution in [2.45, 2.75) is 45.7 Å². The number of methoxy groups -OCH3 is 1. The first-order valence-corrected chi connectivity index (χ1v) is 12.4. The molecule has 1 aliphatic rings. The standard InChI is InChI=1S/C23H31N7O4S/c1-23(2,3)17(13-31)27-18-11-16(20(32)29-7-5-14(6-8-29)25-22(33)34-4)26-19(28-18)15-12-24-30-9-10-35-21(15)30/h9-12,14,17,31H,5-8,13H2,1-4H3,(H,25,33)(H,26,27,28)/t17-/m1/s1. The number of nitrogens with one attached hydrogen (secondary N) is 2. The van der Waals surface area contributed by atoms with Crippen LogP contribution in [0.15, 0.2) is 23.8 Å². The van der Waals surface area contributed by atoms with Crippen molar-refractivity contribution in [1.82, 2.24) is 29.8 Å². The number of hydrogen-bond acceptors (Lipinski definition) is 9. The lowest BCUT2D eigenvalue weighted by Gasteiger charge is -2.32. The highest BCUT2D eigenvalue weighted by atomic mass is 32.1. The Hall–Kier alpha value is -3.25. The molecule has 0 unspecified atom stereocenters. The number of amides is 2. The number of aliphatic hydroxyl groups excluding tert-OH is 1. The van der Waals surface area contributed by atoms with E-state index >= 15 is 0 Å². The number of ether oxygens (including phenoxy) is 1. The van der Waals surface area contributed by atoms with E-state index in [0.29, 0.717) is 37.6 Å². The van der Waals surface area contributed by atoms with Crippen LogP contribution in [0.25, 0.3) is 16.2 Å². The molecule has 12 heteroatoms. The molecule has 2 amide bonds. The van der Waals surface area contributed by atoms with Crippen LogP contribution in [-0.2, 0) is 4.74 Å². The molecule has 1 fully saturated rings. The van der Waals surface area contributed by atoms with E-state index in [1.165, 1.54) is 18.4 Å². The second-order valence-corrected chi connectivity index (χ2v) is 10.5.